The molecule has 1 saturated heterocycles. The first-order valence-electron chi connectivity index (χ1n) is 8.87. The second-order valence-electron chi connectivity index (χ2n) is 6.94. The number of nitrogens with zero attached hydrogens (tertiary/aromatic N) is 2. The summed E-state index contributed by atoms with van der Waals surface area (Å²) < 4.78 is 18.2. The van der Waals surface area contributed by atoms with E-state index in [2.05, 4.69) is 16.5 Å². The average molecular weight is 357 g/mol. The van der Waals surface area contributed by atoms with Gasteiger partial charge in [-0.25, -0.2) is 0 Å². The maximum Gasteiger partial charge on any atom is 0.231 e. The predicted octanol–water partition coefficient (Wildman–Crippen LogP) is 1.56. The summed E-state index contributed by atoms with van der Waals surface area (Å²) in [5.74, 6) is 1.55. The molecule has 1 aromatic heterocycles. The number of carbonyl (C=O) groups is 1. The van der Waals surface area contributed by atoms with E-state index in [1.54, 1.807) is 10.9 Å². The molecule has 1 fully saturated rings. The molecule has 1 N–H and O–H groups in total. The minimum Gasteiger partial charge on any atom is -0.454 e. The second-order valence-corrected chi connectivity index (χ2v) is 6.94. The smallest absolute Gasteiger partial charge is 0.231 e. The Balaban J connectivity index is 1.48. The lowest BCUT2D eigenvalue weighted by molar-refractivity contribution is -0.120. The van der Waals surface area contributed by atoms with Crippen LogP contribution < -0.4 is 14.8 Å². The monoisotopic (exact) mass is 357 g/mol. The summed E-state index contributed by atoms with van der Waals surface area (Å²) >= 11 is 0. The van der Waals surface area contributed by atoms with Crippen LogP contribution in [0.4, 0.5) is 0 Å². The molecule has 2 aliphatic rings. The standard InChI is InChI=1S/C19H23N3O4/c1-22-11-14(10-21-22)8-18(23)20-12-19(4-6-24-7-5-19)15-2-3-16-17(9-15)26-13-25-16/h2-3,9-11H,4-8,12-13H2,1H3,(H,20,23). The highest BCUT2D eigenvalue weighted by Crippen LogP contribution is 2.40. The van der Waals surface area contributed by atoms with Crippen LogP contribution >= 0.6 is 0 Å². The van der Waals surface area contributed by atoms with Gasteiger partial charge in [0.15, 0.2) is 11.5 Å². The molecular formula is C19H23N3O4. The maximum absolute atomic E-state index is 12.4. The number of fused-ring (bicyclic) bond motifs is 1. The number of rotatable bonds is 5. The lowest BCUT2D eigenvalue weighted by Gasteiger charge is -2.38. The molecule has 0 spiro atoms. The minimum absolute atomic E-state index is 0.00427. The number of amides is 1. The van der Waals surface area contributed by atoms with E-state index in [-0.39, 0.29) is 18.1 Å². The van der Waals surface area contributed by atoms with Crippen molar-refractivity contribution in [3.05, 3.63) is 41.7 Å². The third-order valence-electron chi connectivity index (χ3n) is 5.18. The Morgan fingerprint density at radius 1 is 1.27 bits per heavy atom. The van der Waals surface area contributed by atoms with Crippen LogP contribution in [0.3, 0.4) is 0 Å². The molecule has 7 nitrogen and oxygen atoms in total. The zero-order chi connectivity index (χ0) is 18.0. The SMILES string of the molecule is Cn1cc(CC(=O)NCC2(c3ccc4c(c3)OCO4)CCOCC2)cn1. The topological polar surface area (TPSA) is 74.6 Å². The van der Waals surface area contributed by atoms with Crippen LogP contribution in [-0.2, 0) is 28.4 Å². The summed E-state index contributed by atoms with van der Waals surface area (Å²) in [5, 5.41) is 7.22. The third kappa shape index (κ3) is 3.39. The number of aryl methyl sites for hydroxylation is 1. The van der Waals surface area contributed by atoms with Crippen molar-refractivity contribution in [3.63, 3.8) is 0 Å². The molecule has 26 heavy (non-hydrogen) atoms. The van der Waals surface area contributed by atoms with E-state index < -0.39 is 0 Å². The lowest BCUT2D eigenvalue weighted by atomic mass is 9.74. The highest BCUT2D eigenvalue weighted by molar-refractivity contribution is 5.78. The van der Waals surface area contributed by atoms with Crippen LogP contribution in [-0.4, -0.2) is 42.2 Å². The van der Waals surface area contributed by atoms with Crippen LogP contribution in [0.1, 0.15) is 24.0 Å². The predicted molar refractivity (Wildman–Crippen MR) is 94.2 cm³/mol. The molecule has 2 aliphatic heterocycles. The van der Waals surface area contributed by atoms with Crippen molar-refractivity contribution in [1.29, 1.82) is 0 Å². The number of nitrogens with one attached hydrogen (secondary N) is 1. The van der Waals surface area contributed by atoms with Gasteiger partial charge in [-0.15, -0.1) is 0 Å². The lowest BCUT2D eigenvalue weighted by Crippen LogP contribution is -2.45. The van der Waals surface area contributed by atoms with Crippen molar-refractivity contribution in [2.24, 2.45) is 7.05 Å². The van der Waals surface area contributed by atoms with E-state index >= 15 is 0 Å². The van der Waals surface area contributed by atoms with Gasteiger partial charge in [-0.3, -0.25) is 9.48 Å². The maximum atomic E-state index is 12.4. The Kier molecular flexibility index (Phi) is 4.55. The molecule has 4 rings (SSSR count). The molecule has 0 unspecified atom stereocenters. The molecule has 7 heteroatoms. The van der Waals surface area contributed by atoms with Crippen molar-refractivity contribution < 1.29 is 19.0 Å². The molecule has 0 aliphatic carbocycles. The van der Waals surface area contributed by atoms with E-state index in [4.69, 9.17) is 14.2 Å². The van der Waals surface area contributed by atoms with Crippen molar-refractivity contribution in [2.45, 2.75) is 24.7 Å². The first kappa shape index (κ1) is 16.9. The van der Waals surface area contributed by atoms with E-state index in [0.29, 0.717) is 26.2 Å². The van der Waals surface area contributed by atoms with Gasteiger partial charge in [0.1, 0.15) is 0 Å². The summed E-state index contributed by atoms with van der Waals surface area (Å²) in [6.45, 7) is 2.21. The third-order valence-corrected chi connectivity index (χ3v) is 5.18. The van der Waals surface area contributed by atoms with Gasteiger partial charge in [-0.05, 0) is 36.1 Å². The van der Waals surface area contributed by atoms with Gasteiger partial charge in [-0.1, -0.05) is 6.07 Å². The van der Waals surface area contributed by atoms with Gasteiger partial charge in [0.2, 0.25) is 12.7 Å². The molecule has 2 aromatic rings. The minimum atomic E-state index is -0.149. The fourth-order valence-electron chi connectivity index (χ4n) is 3.63. The van der Waals surface area contributed by atoms with Gasteiger partial charge in [0.05, 0.1) is 12.6 Å². The zero-order valence-corrected chi connectivity index (χ0v) is 14.9. The normalized spacial score (nSPS) is 17.9. The Morgan fingerprint density at radius 2 is 2.08 bits per heavy atom. The van der Waals surface area contributed by atoms with Crippen LogP contribution in [0.15, 0.2) is 30.6 Å². The molecule has 138 valence electrons. The molecule has 0 radical (unpaired) electrons. The van der Waals surface area contributed by atoms with Gasteiger partial charge in [-0.2, -0.15) is 5.10 Å². The van der Waals surface area contributed by atoms with E-state index in [0.717, 1.165) is 35.5 Å². The Bertz CT molecular complexity index is 796. The highest BCUT2D eigenvalue weighted by Gasteiger charge is 2.36. The number of benzene rings is 1. The summed E-state index contributed by atoms with van der Waals surface area (Å²) in [4.78, 5) is 12.4. The molecule has 1 amide bonds. The van der Waals surface area contributed by atoms with Gasteiger partial charge >= 0.3 is 0 Å². The number of aromatic nitrogens is 2. The van der Waals surface area contributed by atoms with Gasteiger partial charge in [0, 0.05) is 38.4 Å². The molecule has 0 saturated carbocycles. The summed E-state index contributed by atoms with van der Waals surface area (Å²) in [6, 6.07) is 6.07. The quantitative estimate of drug-likeness (QED) is 0.879. The molecule has 1 aromatic carbocycles. The van der Waals surface area contributed by atoms with Crippen LogP contribution in [0, 0.1) is 0 Å². The molecule has 0 bridgehead atoms. The van der Waals surface area contributed by atoms with Crippen molar-refractivity contribution in [1.82, 2.24) is 15.1 Å². The summed E-state index contributed by atoms with van der Waals surface area (Å²) in [5.41, 5.74) is 1.92. The fourth-order valence-corrected chi connectivity index (χ4v) is 3.63. The average Bonchev–Trinajstić information content (AvgIpc) is 3.29. The van der Waals surface area contributed by atoms with Crippen LogP contribution in [0.5, 0.6) is 11.5 Å². The van der Waals surface area contributed by atoms with Crippen molar-refractivity contribution >= 4 is 5.91 Å². The first-order chi connectivity index (χ1) is 12.6. The number of ether oxygens (including phenoxy) is 3. The van der Waals surface area contributed by atoms with E-state index in [1.165, 1.54) is 0 Å². The molecule has 3 heterocycles. The Labute approximate surface area is 152 Å². The van der Waals surface area contributed by atoms with Crippen molar-refractivity contribution in [3.8, 4) is 11.5 Å². The van der Waals surface area contributed by atoms with Gasteiger partial charge < -0.3 is 19.5 Å². The number of hydrogen-bond acceptors (Lipinski definition) is 5. The zero-order valence-electron chi connectivity index (χ0n) is 14.9. The number of hydrogen-bond donors (Lipinski definition) is 1. The molecular weight excluding hydrogens is 334 g/mol. The first-order valence-corrected chi connectivity index (χ1v) is 8.87. The van der Waals surface area contributed by atoms with Crippen LogP contribution in [0.2, 0.25) is 0 Å². The summed E-state index contributed by atoms with van der Waals surface area (Å²) in [7, 11) is 1.85. The van der Waals surface area contributed by atoms with E-state index in [9.17, 15) is 4.79 Å². The van der Waals surface area contributed by atoms with Crippen LogP contribution in [0.25, 0.3) is 0 Å². The summed E-state index contributed by atoms with van der Waals surface area (Å²) in [6.07, 6.45) is 5.64. The Hall–Kier alpha value is -2.54. The molecule has 0 atom stereocenters. The van der Waals surface area contributed by atoms with E-state index in [1.807, 2.05) is 25.4 Å². The number of carbonyl (C=O) groups excluding carboxylic acids is 1. The Morgan fingerprint density at radius 3 is 2.85 bits per heavy atom. The second kappa shape index (κ2) is 6.99. The fraction of sp³-hybridized carbons (Fsp3) is 0.474. The largest absolute Gasteiger partial charge is 0.454 e. The van der Waals surface area contributed by atoms with Crippen molar-refractivity contribution in [2.75, 3.05) is 26.6 Å². The van der Waals surface area contributed by atoms with Gasteiger partial charge in [0.25, 0.3) is 0 Å². The highest BCUT2D eigenvalue weighted by atomic mass is 16.7.